The molecule has 1 aromatic rings. The molecular weight excluding hydrogens is 146 g/mol. The van der Waals surface area contributed by atoms with E-state index in [0.717, 1.165) is 0 Å². The summed E-state index contributed by atoms with van der Waals surface area (Å²) in [6.45, 7) is 0. The number of nitrogens with zero attached hydrogens (tertiary/aromatic N) is 5. The topological polar surface area (TPSA) is 95.1 Å². The molecule has 0 aliphatic rings. The van der Waals surface area contributed by atoms with Crippen LogP contribution in [0.15, 0.2) is 5.11 Å². The fraction of sp³-hybridized carbons (Fsp3) is 0.500. The molecule has 1 heterocycles. The van der Waals surface area contributed by atoms with E-state index in [4.69, 9.17) is 5.53 Å². The number of anilines is 1. The second kappa shape index (κ2) is 2.89. The highest BCUT2D eigenvalue weighted by Crippen LogP contribution is 2.06. The van der Waals surface area contributed by atoms with Gasteiger partial charge in [0.15, 0.2) is 5.11 Å². The van der Waals surface area contributed by atoms with Crippen molar-refractivity contribution in [3.05, 3.63) is 0 Å². The SMILES string of the molecule is CN(C)c1n[nH]c(N=[N+]=N)n1. The zero-order chi connectivity index (χ0) is 8.27. The standard InChI is InChI=1S/C4H7N7/c1-11(2)4-6-3(7-9-4)8-10-5/h5H,1-2H3/p+1. The second-order valence-electron chi connectivity index (χ2n) is 2.05. The van der Waals surface area contributed by atoms with Crippen molar-refractivity contribution in [2.75, 3.05) is 19.0 Å². The Kier molecular flexibility index (Phi) is 1.93. The molecule has 0 aromatic carbocycles. The van der Waals surface area contributed by atoms with E-state index in [9.17, 15) is 0 Å². The summed E-state index contributed by atoms with van der Waals surface area (Å²) in [7, 11) is 3.62. The van der Waals surface area contributed by atoms with Crippen LogP contribution in [-0.4, -0.2) is 29.3 Å². The van der Waals surface area contributed by atoms with Crippen molar-refractivity contribution in [3.63, 3.8) is 0 Å². The minimum atomic E-state index is 0.240. The Balaban J connectivity index is 2.90. The van der Waals surface area contributed by atoms with E-state index < -0.39 is 0 Å². The summed E-state index contributed by atoms with van der Waals surface area (Å²) in [6.07, 6.45) is 0. The third-order valence-electron chi connectivity index (χ3n) is 1.01. The highest BCUT2D eigenvalue weighted by atomic mass is 15.4. The number of hydrogen-bond donors (Lipinski definition) is 2. The Morgan fingerprint density at radius 2 is 2.36 bits per heavy atom. The molecule has 0 amide bonds. The zero-order valence-corrected chi connectivity index (χ0v) is 6.24. The number of rotatable bonds is 2. The van der Waals surface area contributed by atoms with E-state index >= 15 is 0 Å². The molecule has 0 unspecified atom stereocenters. The van der Waals surface area contributed by atoms with Crippen molar-refractivity contribution in [2.24, 2.45) is 5.11 Å². The molecule has 11 heavy (non-hydrogen) atoms. The van der Waals surface area contributed by atoms with Crippen LogP contribution in [0.25, 0.3) is 0 Å². The van der Waals surface area contributed by atoms with Gasteiger partial charge in [-0.2, -0.15) is 4.98 Å². The quantitative estimate of drug-likeness (QED) is 0.465. The summed E-state index contributed by atoms with van der Waals surface area (Å²) in [4.78, 5) is 8.40. The maximum absolute atomic E-state index is 6.41. The molecule has 0 fully saturated rings. The summed E-state index contributed by atoms with van der Waals surface area (Å²) >= 11 is 0. The number of H-pyrrole nitrogens is 1. The van der Waals surface area contributed by atoms with Crippen LogP contribution in [0.4, 0.5) is 11.9 Å². The molecule has 0 spiro atoms. The Morgan fingerprint density at radius 1 is 1.64 bits per heavy atom. The van der Waals surface area contributed by atoms with Gasteiger partial charge in [0, 0.05) is 14.1 Å². The molecular formula is C4H8N7+. The minimum absolute atomic E-state index is 0.240. The molecule has 0 aliphatic heterocycles. The number of aromatic amines is 1. The predicted octanol–water partition coefficient (Wildman–Crippen LogP) is 0.0526. The van der Waals surface area contributed by atoms with Crippen molar-refractivity contribution in [1.82, 2.24) is 20.1 Å². The predicted molar refractivity (Wildman–Crippen MR) is 37.7 cm³/mol. The summed E-state index contributed by atoms with van der Waals surface area (Å²) in [5.41, 5.74) is 6.41. The average Bonchev–Trinajstić information content (AvgIpc) is 2.37. The lowest BCUT2D eigenvalue weighted by atomic mass is 10.8. The lowest BCUT2D eigenvalue weighted by molar-refractivity contribution is 0.948. The van der Waals surface area contributed by atoms with E-state index in [1.165, 1.54) is 0 Å². The fourth-order valence-corrected chi connectivity index (χ4v) is 0.537. The van der Waals surface area contributed by atoms with Gasteiger partial charge in [-0.3, -0.25) is 0 Å². The highest BCUT2D eigenvalue weighted by molar-refractivity contribution is 5.30. The lowest BCUT2D eigenvalue weighted by Gasteiger charge is -2.02. The lowest BCUT2D eigenvalue weighted by Crippen LogP contribution is -2.10. The van der Waals surface area contributed by atoms with Gasteiger partial charge in [-0.15, -0.1) is 5.10 Å². The molecule has 1 aromatic heterocycles. The first-order valence-corrected chi connectivity index (χ1v) is 2.91. The maximum atomic E-state index is 6.41. The van der Waals surface area contributed by atoms with Crippen LogP contribution >= 0.6 is 0 Å². The molecule has 0 aliphatic carbocycles. The molecule has 1 rings (SSSR count). The summed E-state index contributed by atoms with van der Waals surface area (Å²) < 4.78 is 0. The van der Waals surface area contributed by atoms with Crippen molar-refractivity contribution in [2.45, 2.75) is 0 Å². The molecule has 0 atom stereocenters. The van der Waals surface area contributed by atoms with Gasteiger partial charge in [0.2, 0.25) is 10.9 Å². The first-order valence-electron chi connectivity index (χ1n) is 2.91. The van der Waals surface area contributed by atoms with E-state index in [0.29, 0.717) is 5.95 Å². The van der Waals surface area contributed by atoms with E-state index in [1.807, 2.05) is 14.1 Å². The first kappa shape index (κ1) is 7.36. The normalized spacial score (nSPS) is 8.91. The number of hydrogen-bond acceptors (Lipinski definition) is 5. The zero-order valence-electron chi connectivity index (χ0n) is 6.24. The van der Waals surface area contributed by atoms with Gasteiger partial charge >= 0.3 is 5.95 Å². The molecule has 2 N–H and O–H groups in total. The van der Waals surface area contributed by atoms with E-state index in [2.05, 4.69) is 25.2 Å². The van der Waals surface area contributed by atoms with Crippen molar-refractivity contribution in [1.29, 1.82) is 5.53 Å². The van der Waals surface area contributed by atoms with Crippen LogP contribution in [-0.2, 0) is 0 Å². The Labute approximate surface area is 62.7 Å². The molecule has 7 nitrogen and oxygen atoms in total. The van der Waals surface area contributed by atoms with Gasteiger partial charge in [0.05, 0.1) is 0 Å². The largest absolute Gasteiger partial charge is 0.346 e. The van der Waals surface area contributed by atoms with Crippen molar-refractivity contribution in [3.8, 4) is 0 Å². The van der Waals surface area contributed by atoms with Gasteiger partial charge in [0.1, 0.15) is 5.53 Å². The van der Waals surface area contributed by atoms with E-state index in [1.54, 1.807) is 4.90 Å². The third-order valence-corrected chi connectivity index (χ3v) is 1.01. The van der Waals surface area contributed by atoms with Gasteiger partial charge in [0.25, 0.3) is 0 Å². The van der Waals surface area contributed by atoms with Crippen molar-refractivity contribution >= 4 is 11.9 Å². The number of nitrogens with one attached hydrogen (secondary N) is 2. The number of aromatic nitrogens is 3. The highest BCUT2D eigenvalue weighted by Gasteiger charge is 2.05. The van der Waals surface area contributed by atoms with Crippen LogP contribution in [0, 0.1) is 5.53 Å². The van der Waals surface area contributed by atoms with Gasteiger partial charge in [-0.1, -0.05) is 0 Å². The molecule has 0 saturated carbocycles. The van der Waals surface area contributed by atoms with Gasteiger partial charge in [-0.25, -0.2) is 5.10 Å². The van der Waals surface area contributed by atoms with Crippen LogP contribution in [0.5, 0.6) is 0 Å². The van der Waals surface area contributed by atoms with Crippen LogP contribution in [0.2, 0.25) is 0 Å². The Morgan fingerprint density at radius 3 is 2.82 bits per heavy atom. The second-order valence-corrected chi connectivity index (χ2v) is 2.05. The Bertz CT molecular complexity index is 280. The third kappa shape index (κ3) is 1.59. The first-order chi connectivity index (χ1) is 5.24. The monoisotopic (exact) mass is 154 g/mol. The summed E-state index contributed by atoms with van der Waals surface area (Å²) in [6, 6.07) is 0. The van der Waals surface area contributed by atoms with Gasteiger partial charge in [-0.05, 0) is 0 Å². The van der Waals surface area contributed by atoms with Crippen LogP contribution < -0.4 is 9.81 Å². The summed E-state index contributed by atoms with van der Waals surface area (Å²) in [5.74, 6) is 0.760. The Hall–Kier alpha value is -1.75. The average molecular weight is 154 g/mol. The van der Waals surface area contributed by atoms with Crippen LogP contribution in [0.1, 0.15) is 0 Å². The minimum Gasteiger partial charge on any atom is -0.346 e. The van der Waals surface area contributed by atoms with Crippen LogP contribution in [0.3, 0.4) is 0 Å². The van der Waals surface area contributed by atoms with Crippen molar-refractivity contribution < 1.29 is 0 Å². The fourth-order valence-electron chi connectivity index (χ4n) is 0.537. The molecule has 7 heteroatoms. The molecule has 0 radical (unpaired) electrons. The molecule has 0 saturated heterocycles. The van der Waals surface area contributed by atoms with E-state index in [-0.39, 0.29) is 5.95 Å². The molecule has 58 valence electrons. The maximum Gasteiger partial charge on any atom is 0.334 e. The summed E-state index contributed by atoms with van der Waals surface area (Å²) in [5, 5.41) is 9.64. The van der Waals surface area contributed by atoms with Gasteiger partial charge < -0.3 is 4.90 Å². The molecule has 0 bridgehead atoms. The smallest absolute Gasteiger partial charge is 0.334 e.